The molecular formula is C18H13BrO2. The Balaban J connectivity index is 1.77. The molecule has 21 heavy (non-hydrogen) atoms. The molecule has 3 aromatic rings. The first-order valence-corrected chi connectivity index (χ1v) is 7.42. The van der Waals surface area contributed by atoms with Crippen molar-refractivity contribution in [3.8, 4) is 0 Å². The molecule has 0 amide bonds. The standard InChI is InChI=1S/C18H13BrO2/c19-17-9-8-14-10-16(7-6-15(14)11-17)18(20)21-12-13-4-2-1-3-5-13/h1-11H,12H2. The van der Waals surface area contributed by atoms with Crippen LogP contribution in [0.3, 0.4) is 0 Å². The molecule has 3 heteroatoms. The Morgan fingerprint density at radius 3 is 2.43 bits per heavy atom. The molecular weight excluding hydrogens is 328 g/mol. The Hall–Kier alpha value is -2.13. The van der Waals surface area contributed by atoms with Crippen molar-refractivity contribution in [2.45, 2.75) is 6.61 Å². The smallest absolute Gasteiger partial charge is 0.338 e. The monoisotopic (exact) mass is 340 g/mol. The van der Waals surface area contributed by atoms with Gasteiger partial charge in [0, 0.05) is 4.47 Å². The molecule has 0 bridgehead atoms. The first-order chi connectivity index (χ1) is 10.2. The molecule has 0 fully saturated rings. The highest BCUT2D eigenvalue weighted by molar-refractivity contribution is 9.10. The van der Waals surface area contributed by atoms with Crippen LogP contribution in [0.25, 0.3) is 10.8 Å². The molecule has 104 valence electrons. The molecule has 0 aromatic heterocycles. The lowest BCUT2D eigenvalue weighted by atomic mass is 10.1. The largest absolute Gasteiger partial charge is 0.457 e. The molecule has 0 aliphatic heterocycles. The van der Waals surface area contributed by atoms with Crippen LogP contribution in [0.1, 0.15) is 15.9 Å². The Labute approximate surface area is 131 Å². The lowest BCUT2D eigenvalue weighted by Gasteiger charge is -2.06. The first kappa shape index (κ1) is 13.8. The second-order valence-electron chi connectivity index (χ2n) is 4.77. The highest BCUT2D eigenvalue weighted by atomic mass is 79.9. The maximum atomic E-state index is 12.1. The van der Waals surface area contributed by atoms with Gasteiger partial charge in [0.25, 0.3) is 0 Å². The number of hydrogen-bond donors (Lipinski definition) is 0. The van der Waals surface area contributed by atoms with Crippen molar-refractivity contribution in [1.82, 2.24) is 0 Å². The fourth-order valence-electron chi connectivity index (χ4n) is 2.15. The summed E-state index contributed by atoms with van der Waals surface area (Å²) in [7, 11) is 0. The number of esters is 1. The van der Waals surface area contributed by atoms with Gasteiger partial charge < -0.3 is 4.74 Å². The van der Waals surface area contributed by atoms with Gasteiger partial charge in [0.15, 0.2) is 0 Å². The van der Waals surface area contributed by atoms with Crippen LogP contribution in [0.5, 0.6) is 0 Å². The zero-order valence-electron chi connectivity index (χ0n) is 11.3. The van der Waals surface area contributed by atoms with Crippen molar-refractivity contribution in [2.24, 2.45) is 0 Å². The Morgan fingerprint density at radius 2 is 1.62 bits per heavy atom. The van der Waals surface area contributed by atoms with Crippen molar-refractivity contribution in [1.29, 1.82) is 0 Å². The predicted molar refractivity (Wildman–Crippen MR) is 87.2 cm³/mol. The minimum atomic E-state index is -0.302. The van der Waals surface area contributed by atoms with E-state index in [1.165, 1.54) is 0 Å². The van der Waals surface area contributed by atoms with Crippen molar-refractivity contribution < 1.29 is 9.53 Å². The molecule has 3 aromatic carbocycles. The maximum absolute atomic E-state index is 12.1. The van der Waals surface area contributed by atoms with Gasteiger partial charge in [-0.1, -0.05) is 58.4 Å². The van der Waals surface area contributed by atoms with Crippen molar-refractivity contribution in [2.75, 3.05) is 0 Å². The third-order valence-electron chi connectivity index (χ3n) is 3.25. The number of hydrogen-bond acceptors (Lipinski definition) is 2. The molecule has 0 saturated carbocycles. The van der Waals surface area contributed by atoms with Crippen molar-refractivity contribution in [3.63, 3.8) is 0 Å². The second-order valence-corrected chi connectivity index (χ2v) is 5.68. The maximum Gasteiger partial charge on any atom is 0.338 e. The van der Waals surface area contributed by atoms with Gasteiger partial charge in [-0.3, -0.25) is 0 Å². The topological polar surface area (TPSA) is 26.3 Å². The van der Waals surface area contributed by atoms with Gasteiger partial charge in [0.2, 0.25) is 0 Å². The summed E-state index contributed by atoms with van der Waals surface area (Å²) in [6, 6.07) is 21.2. The van der Waals surface area contributed by atoms with E-state index in [1.54, 1.807) is 6.07 Å². The summed E-state index contributed by atoms with van der Waals surface area (Å²) < 4.78 is 6.36. The van der Waals surface area contributed by atoms with Gasteiger partial charge >= 0.3 is 5.97 Å². The molecule has 0 radical (unpaired) electrons. The minimum Gasteiger partial charge on any atom is -0.457 e. The normalized spacial score (nSPS) is 10.5. The van der Waals surface area contributed by atoms with Crippen LogP contribution in [0, 0.1) is 0 Å². The van der Waals surface area contributed by atoms with Crippen molar-refractivity contribution >= 4 is 32.7 Å². The molecule has 0 heterocycles. The SMILES string of the molecule is O=C(OCc1ccccc1)c1ccc2cc(Br)ccc2c1. The quantitative estimate of drug-likeness (QED) is 0.630. The van der Waals surface area contributed by atoms with Crippen LogP contribution in [0.4, 0.5) is 0 Å². The molecule has 0 spiro atoms. The van der Waals surface area contributed by atoms with E-state index in [1.807, 2.05) is 60.7 Å². The highest BCUT2D eigenvalue weighted by Crippen LogP contribution is 2.21. The summed E-state index contributed by atoms with van der Waals surface area (Å²) in [5, 5.41) is 2.11. The lowest BCUT2D eigenvalue weighted by Crippen LogP contribution is -2.05. The van der Waals surface area contributed by atoms with Crippen molar-refractivity contribution in [3.05, 3.63) is 82.3 Å². The number of carbonyl (C=O) groups is 1. The average Bonchev–Trinajstić information content (AvgIpc) is 2.53. The zero-order valence-corrected chi connectivity index (χ0v) is 12.8. The van der Waals surface area contributed by atoms with Gasteiger partial charge in [-0.2, -0.15) is 0 Å². The lowest BCUT2D eigenvalue weighted by molar-refractivity contribution is 0.0473. The van der Waals surface area contributed by atoms with E-state index in [4.69, 9.17) is 4.74 Å². The third-order valence-corrected chi connectivity index (χ3v) is 3.74. The molecule has 2 nitrogen and oxygen atoms in total. The molecule has 0 atom stereocenters. The average molecular weight is 341 g/mol. The van der Waals surface area contributed by atoms with Crippen LogP contribution in [0.15, 0.2) is 71.2 Å². The van der Waals surface area contributed by atoms with Crippen LogP contribution in [-0.4, -0.2) is 5.97 Å². The zero-order chi connectivity index (χ0) is 14.7. The summed E-state index contributed by atoms with van der Waals surface area (Å²) >= 11 is 3.44. The van der Waals surface area contributed by atoms with Gasteiger partial charge in [-0.15, -0.1) is 0 Å². The fourth-order valence-corrected chi connectivity index (χ4v) is 2.53. The second kappa shape index (κ2) is 6.10. The van der Waals surface area contributed by atoms with E-state index < -0.39 is 0 Å². The number of halogens is 1. The predicted octanol–water partition coefficient (Wildman–Crippen LogP) is 4.96. The van der Waals surface area contributed by atoms with E-state index in [0.717, 1.165) is 20.8 Å². The van der Waals surface area contributed by atoms with Gasteiger partial charge in [0.05, 0.1) is 5.56 Å². The van der Waals surface area contributed by atoms with E-state index in [2.05, 4.69) is 15.9 Å². The number of carbonyl (C=O) groups excluding carboxylic acids is 1. The number of rotatable bonds is 3. The van der Waals surface area contributed by atoms with Crippen LogP contribution < -0.4 is 0 Å². The summed E-state index contributed by atoms with van der Waals surface area (Å²) in [5.74, 6) is -0.302. The van der Waals surface area contributed by atoms with Crippen LogP contribution in [0.2, 0.25) is 0 Å². The summed E-state index contributed by atoms with van der Waals surface area (Å²) in [6.45, 7) is 0.290. The Morgan fingerprint density at radius 1 is 0.905 bits per heavy atom. The number of fused-ring (bicyclic) bond motifs is 1. The summed E-state index contributed by atoms with van der Waals surface area (Å²) in [4.78, 5) is 12.1. The number of benzene rings is 3. The van der Waals surface area contributed by atoms with Crippen LogP contribution in [-0.2, 0) is 11.3 Å². The first-order valence-electron chi connectivity index (χ1n) is 6.63. The van der Waals surface area contributed by atoms with Gasteiger partial charge in [-0.05, 0) is 40.6 Å². The third kappa shape index (κ3) is 3.31. The molecule has 0 aliphatic rings. The molecule has 3 rings (SSSR count). The minimum absolute atomic E-state index is 0.290. The van der Waals surface area contributed by atoms with E-state index in [0.29, 0.717) is 5.56 Å². The van der Waals surface area contributed by atoms with Crippen LogP contribution >= 0.6 is 15.9 Å². The van der Waals surface area contributed by atoms with E-state index >= 15 is 0 Å². The van der Waals surface area contributed by atoms with Gasteiger partial charge in [0.1, 0.15) is 6.61 Å². The molecule has 0 N–H and O–H groups in total. The summed E-state index contributed by atoms with van der Waals surface area (Å²) in [5.41, 5.74) is 1.55. The molecule has 0 aliphatic carbocycles. The molecule has 0 saturated heterocycles. The molecule has 0 unspecified atom stereocenters. The van der Waals surface area contributed by atoms with E-state index in [9.17, 15) is 4.79 Å². The van der Waals surface area contributed by atoms with E-state index in [-0.39, 0.29) is 12.6 Å². The van der Waals surface area contributed by atoms with Gasteiger partial charge in [-0.25, -0.2) is 4.79 Å². The summed E-state index contributed by atoms with van der Waals surface area (Å²) in [6.07, 6.45) is 0. The fraction of sp³-hybridized carbons (Fsp3) is 0.0556. The highest BCUT2D eigenvalue weighted by Gasteiger charge is 2.08. The Bertz CT molecular complexity index is 782. The number of ether oxygens (including phenoxy) is 1. The Kier molecular flexibility index (Phi) is 4.02.